The Morgan fingerprint density at radius 3 is 2.24 bits per heavy atom. The molecule has 6 heteroatoms. The van der Waals surface area contributed by atoms with Crippen molar-refractivity contribution < 1.29 is 27.2 Å². The summed E-state index contributed by atoms with van der Waals surface area (Å²) >= 11 is -0.0193. The molecule has 3 heterocycles. The van der Waals surface area contributed by atoms with E-state index in [4.69, 9.17) is 2.74 Å². The van der Waals surface area contributed by atoms with E-state index >= 15 is 0 Å². The Balaban J connectivity index is 0.000000230. The first kappa shape index (κ1) is 32.9. The smallest absolute Gasteiger partial charge is 0 e. The normalized spacial score (nSPS) is 12.0. The molecule has 8 aromatic rings. The van der Waals surface area contributed by atoms with E-state index in [0.29, 0.717) is 16.8 Å². The van der Waals surface area contributed by atoms with Crippen LogP contribution in [0.5, 0.6) is 0 Å². The Kier molecular flexibility index (Phi) is 10.4. The molecule has 50 heavy (non-hydrogen) atoms. The fraction of sp³-hybridized carbons (Fsp3) is 0.0909. The Labute approximate surface area is 316 Å². The summed E-state index contributed by atoms with van der Waals surface area (Å²) in [4.78, 5) is 9.13. The molecule has 3 aromatic heterocycles. The van der Waals surface area contributed by atoms with E-state index in [2.05, 4.69) is 81.8 Å². The number of aromatic nitrogens is 2. The number of nitrogens with zero attached hydrogens (tertiary/aromatic N) is 2. The van der Waals surface area contributed by atoms with E-state index in [0.717, 1.165) is 38.0 Å². The van der Waals surface area contributed by atoms with Gasteiger partial charge >= 0.3 is 99.8 Å². The molecule has 0 atom stereocenters. The molecule has 0 unspecified atom stereocenters. The maximum Gasteiger partial charge on any atom is 0 e. The topological polar surface area (TPSA) is 25.8 Å². The number of thiophene rings is 1. The van der Waals surface area contributed by atoms with Crippen LogP contribution >= 0.6 is 11.3 Å². The largest absolute Gasteiger partial charge is 0 e. The van der Waals surface area contributed by atoms with Gasteiger partial charge in [0.15, 0.2) is 0 Å². The third kappa shape index (κ3) is 8.03. The van der Waals surface area contributed by atoms with Crippen molar-refractivity contribution in [1.29, 1.82) is 0 Å². The Hall–Kier alpha value is -4.26. The minimum absolute atomic E-state index is 0. The molecule has 2 nitrogen and oxygen atoms in total. The van der Waals surface area contributed by atoms with E-state index in [9.17, 15) is 4.39 Å². The van der Waals surface area contributed by atoms with Crippen LogP contribution in [0.1, 0.15) is 13.9 Å². The standard InChI is InChI=1S/C30H19FNS.C14H16GeN.Ir/c31-23-12-10-20(11-13-23)18-21-16-17-32-27(19-21)25-15-14-24(22-6-2-1-3-7-22)29-26-8-4-5-9-28(26)33-30(25)29;1-15(2,3)13-9-10-14(16-11-13)12-7-5-4-6-8-12;/h1-14,16-17,19H,18H2;4-7,9-11H,1-3H3;/q2*-1;/i18D2;;. The molecule has 0 aliphatic carbocycles. The fourth-order valence-electron chi connectivity index (χ4n) is 5.70. The summed E-state index contributed by atoms with van der Waals surface area (Å²) < 4.78 is 34.6. The summed E-state index contributed by atoms with van der Waals surface area (Å²) in [6.45, 7) is 0. The summed E-state index contributed by atoms with van der Waals surface area (Å²) in [6.07, 6.45) is 1.87. The first-order chi connectivity index (χ1) is 24.6. The maximum atomic E-state index is 13.4. The average Bonchev–Trinajstić information content (AvgIpc) is 3.55. The third-order valence-corrected chi connectivity index (χ3v) is 13.7. The number of pyridine rings is 2. The molecule has 0 spiro atoms. The van der Waals surface area contributed by atoms with Crippen LogP contribution in [0.4, 0.5) is 4.39 Å². The van der Waals surface area contributed by atoms with Crippen molar-refractivity contribution in [1.82, 2.24) is 9.97 Å². The number of hydrogen-bond acceptors (Lipinski definition) is 3. The zero-order valence-electron chi connectivity index (χ0n) is 29.9. The van der Waals surface area contributed by atoms with Crippen LogP contribution < -0.4 is 4.40 Å². The summed E-state index contributed by atoms with van der Waals surface area (Å²) in [5, 5.41) is 2.33. The van der Waals surface area contributed by atoms with Crippen LogP contribution in [0.25, 0.3) is 53.8 Å². The number of hydrogen-bond donors (Lipinski definition) is 0. The van der Waals surface area contributed by atoms with Gasteiger partial charge in [-0.05, 0) is 57.5 Å². The minimum Gasteiger partial charge on any atom is 0 e. The van der Waals surface area contributed by atoms with E-state index in [1.54, 1.807) is 29.7 Å². The average molecular weight is 910 g/mol. The Morgan fingerprint density at radius 1 is 0.760 bits per heavy atom. The van der Waals surface area contributed by atoms with Crippen LogP contribution in [0, 0.1) is 17.9 Å². The zero-order valence-corrected chi connectivity index (χ0v) is 33.2. The van der Waals surface area contributed by atoms with Crippen LogP contribution in [-0.2, 0) is 26.5 Å². The van der Waals surface area contributed by atoms with Gasteiger partial charge in [-0.1, -0.05) is 83.2 Å². The van der Waals surface area contributed by atoms with Gasteiger partial charge in [0.25, 0.3) is 0 Å². The molecule has 0 saturated heterocycles. The first-order valence-electron chi connectivity index (χ1n) is 17.2. The molecular weight excluding hydrogens is 872 g/mol. The molecule has 0 N–H and O–H groups in total. The predicted molar refractivity (Wildman–Crippen MR) is 208 cm³/mol. The molecule has 1 radical (unpaired) electrons. The molecule has 0 aliphatic heterocycles. The van der Waals surface area contributed by atoms with Gasteiger partial charge in [-0.25, -0.2) is 4.39 Å². The number of fused-ring (bicyclic) bond motifs is 3. The van der Waals surface area contributed by atoms with Gasteiger partial charge in [0.05, 0.1) is 0 Å². The van der Waals surface area contributed by atoms with Crippen LogP contribution in [-0.4, -0.2) is 23.2 Å². The Morgan fingerprint density at radius 2 is 1.52 bits per heavy atom. The number of rotatable bonds is 6. The molecule has 0 bridgehead atoms. The van der Waals surface area contributed by atoms with Gasteiger partial charge in [-0.2, -0.15) is 11.3 Å². The minimum atomic E-state index is -1.80. The molecule has 0 aliphatic rings. The SMILES string of the molecule is [2H]C([2H])(c1ccc(F)cc1)c1ccnc(-c2[c-]cc(-c3ccccc3)c3c2sc2ccccc23)c1.[CH3][Ge]([CH3])([CH3])[c]1ccc(-c2[c-]cccc2)nc1.[Ir]. The zero-order chi connectivity index (χ0) is 35.6. The molecule has 249 valence electrons. The van der Waals surface area contributed by atoms with Crippen molar-refractivity contribution >= 4 is 49.2 Å². The van der Waals surface area contributed by atoms with Gasteiger partial charge in [-0.15, -0.1) is 17.7 Å². The molecule has 8 rings (SSSR count). The summed E-state index contributed by atoms with van der Waals surface area (Å²) in [7, 11) is 0. The van der Waals surface area contributed by atoms with Gasteiger partial charge in [-0.3, -0.25) is 0 Å². The van der Waals surface area contributed by atoms with Crippen molar-refractivity contribution in [3.63, 3.8) is 0 Å². The van der Waals surface area contributed by atoms with Crippen molar-refractivity contribution in [3.8, 4) is 33.6 Å². The molecule has 0 fully saturated rings. The van der Waals surface area contributed by atoms with E-state index in [1.807, 2.05) is 60.8 Å². The monoisotopic (exact) mass is 911 g/mol. The second-order valence-electron chi connectivity index (χ2n) is 12.8. The van der Waals surface area contributed by atoms with E-state index < -0.39 is 19.6 Å². The molecule has 0 amide bonds. The third-order valence-electron chi connectivity index (χ3n) is 8.30. The van der Waals surface area contributed by atoms with Gasteiger partial charge in [0.1, 0.15) is 5.82 Å². The predicted octanol–water partition coefficient (Wildman–Crippen LogP) is 11.4. The molecular formula is C44H35FGeIrN2S-2. The van der Waals surface area contributed by atoms with Crippen LogP contribution in [0.2, 0.25) is 17.3 Å². The maximum absolute atomic E-state index is 13.4. The van der Waals surface area contributed by atoms with Crippen LogP contribution in [0.3, 0.4) is 0 Å². The van der Waals surface area contributed by atoms with E-state index in [1.165, 1.54) is 38.7 Å². The molecule has 5 aromatic carbocycles. The number of halogens is 1. The number of benzene rings is 5. The Bertz CT molecular complexity index is 2430. The van der Waals surface area contributed by atoms with Crippen molar-refractivity contribution in [2.45, 2.75) is 23.6 Å². The summed E-state index contributed by atoms with van der Waals surface area (Å²) in [5.41, 5.74) is 6.67. The fourth-order valence-corrected chi connectivity index (χ4v) is 9.11. The van der Waals surface area contributed by atoms with E-state index in [-0.39, 0.29) is 25.9 Å². The first-order valence-corrected chi connectivity index (χ1v) is 24.3. The summed E-state index contributed by atoms with van der Waals surface area (Å²) in [6, 6.07) is 48.6. The molecule has 0 saturated carbocycles. The van der Waals surface area contributed by atoms with Crippen molar-refractivity contribution in [2.24, 2.45) is 0 Å². The second kappa shape index (κ2) is 15.7. The van der Waals surface area contributed by atoms with Crippen LogP contribution in [0.15, 0.2) is 146 Å². The van der Waals surface area contributed by atoms with Gasteiger partial charge < -0.3 is 4.98 Å². The van der Waals surface area contributed by atoms with Gasteiger partial charge in [0, 0.05) is 33.7 Å². The summed E-state index contributed by atoms with van der Waals surface area (Å²) in [5.74, 6) is 6.75. The second-order valence-corrected chi connectivity index (χ2v) is 24.5. The van der Waals surface area contributed by atoms with Crippen molar-refractivity contribution in [3.05, 3.63) is 175 Å². The quantitative estimate of drug-likeness (QED) is 0.123. The van der Waals surface area contributed by atoms with Crippen molar-refractivity contribution in [2.75, 3.05) is 0 Å². The van der Waals surface area contributed by atoms with Gasteiger partial charge in [0.2, 0.25) is 0 Å².